The number of alkyl halides is 1. The van der Waals surface area contributed by atoms with Crippen LogP contribution in [0.25, 0.3) is 0 Å². The molecule has 7 nitrogen and oxygen atoms in total. The number of aliphatic hydroxyl groups excluding tert-OH is 1. The Balaban J connectivity index is 1.77. The van der Waals surface area contributed by atoms with Crippen LogP contribution in [0.3, 0.4) is 0 Å². The molecule has 188 valence electrons. The molecule has 1 fully saturated rings. The average molecular weight is 563 g/mol. The van der Waals surface area contributed by atoms with Crippen molar-refractivity contribution >= 4 is 45.4 Å². The van der Waals surface area contributed by atoms with Gasteiger partial charge in [0.2, 0.25) is 11.8 Å². The smallest absolute Gasteiger partial charge is 0.254 e. The van der Waals surface area contributed by atoms with Crippen LogP contribution in [0.5, 0.6) is 0 Å². The first-order chi connectivity index (χ1) is 16.6. The molecule has 0 spiro atoms. The summed E-state index contributed by atoms with van der Waals surface area (Å²) in [6.07, 6.45) is -1.22. The van der Waals surface area contributed by atoms with Crippen molar-refractivity contribution in [2.24, 2.45) is 0 Å². The van der Waals surface area contributed by atoms with Crippen LogP contribution < -0.4 is 10.6 Å². The third kappa shape index (κ3) is 6.86. The van der Waals surface area contributed by atoms with Crippen LogP contribution in [-0.2, 0) is 27.3 Å². The third-order valence-electron chi connectivity index (χ3n) is 6.19. The zero-order valence-corrected chi connectivity index (χ0v) is 22.6. The minimum atomic E-state index is -1.50. The van der Waals surface area contributed by atoms with Crippen molar-refractivity contribution in [2.75, 3.05) is 11.2 Å². The van der Waals surface area contributed by atoms with Crippen molar-refractivity contribution in [3.8, 4) is 0 Å². The van der Waals surface area contributed by atoms with E-state index in [0.717, 1.165) is 16.7 Å². The summed E-state index contributed by atoms with van der Waals surface area (Å²) in [5.41, 5.74) is 2.95. The summed E-state index contributed by atoms with van der Waals surface area (Å²) in [5.74, 6) is -0.903. The second-order valence-electron chi connectivity index (χ2n) is 9.17. The predicted octanol–water partition coefficient (Wildman–Crippen LogP) is 2.77. The van der Waals surface area contributed by atoms with Gasteiger partial charge in [0.05, 0.1) is 17.2 Å². The summed E-state index contributed by atoms with van der Waals surface area (Å²) in [6.45, 7) is 6.18. The highest BCUT2D eigenvalue weighted by molar-refractivity contribution is 9.09. The summed E-state index contributed by atoms with van der Waals surface area (Å²) in [4.78, 5) is 40.3. The molecule has 0 aliphatic carbocycles. The standard InChI is InChI=1S/C26H32BrN3O4S/c1-17-9-7-8-12-19(17)15-28-24(33)23-26(2,3)35-16-30(23)25(34)22(32)20(29-21(31)14-27)13-18-10-5-4-6-11-18/h4-12,20,22-23,32H,13-16H2,1-3H3,(H,28,33)(H,29,31). The highest BCUT2D eigenvalue weighted by atomic mass is 79.9. The van der Waals surface area contributed by atoms with Gasteiger partial charge in [-0.15, -0.1) is 11.8 Å². The van der Waals surface area contributed by atoms with Gasteiger partial charge in [-0.25, -0.2) is 0 Å². The van der Waals surface area contributed by atoms with E-state index in [2.05, 4.69) is 26.6 Å². The number of thioether (sulfide) groups is 1. The fraction of sp³-hybridized carbons (Fsp3) is 0.423. The molecular formula is C26H32BrN3O4S. The Hall–Kier alpha value is -2.36. The quantitative estimate of drug-likeness (QED) is 0.409. The van der Waals surface area contributed by atoms with Crippen molar-refractivity contribution in [1.29, 1.82) is 0 Å². The highest BCUT2D eigenvalue weighted by Gasteiger charge is 2.49. The maximum atomic E-state index is 13.5. The second kappa shape index (κ2) is 12.1. The Bertz CT molecular complexity index is 1050. The molecule has 3 atom stereocenters. The number of carbonyl (C=O) groups excluding carboxylic acids is 3. The molecule has 1 heterocycles. The SMILES string of the molecule is Cc1ccccc1CNC(=O)C1N(C(=O)C(O)C(Cc2ccccc2)NC(=O)CBr)CSC1(C)C. The zero-order chi connectivity index (χ0) is 25.6. The lowest BCUT2D eigenvalue weighted by molar-refractivity contribution is -0.147. The molecule has 1 aliphatic rings. The first-order valence-corrected chi connectivity index (χ1v) is 13.6. The van der Waals surface area contributed by atoms with Crippen LogP contribution in [0.1, 0.15) is 30.5 Å². The fourth-order valence-electron chi connectivity index (χ4n) is 4.20. The van der Waals surface area contributed by atoms with Gasteiger partial charge in [0, 0.05) is 11.3 Å². The maximum Gasteiger partial charge on any atom is 0.254 e. The number of aliphatic hydroxyl groups is 1. The van der Waals surface area contributed by atoms with E-state index < -0.39 is 28.8 Å². The van der Waals surface area contributed by atoms with E-state index in [9.17, 15) is 19.5 Å². The summed E-state index contributed by atoms with van der Waals surface area (Å²) in [7, 11) is 0. The Morgan fingerprint density at radius 3 is 2.46 bits per heavy atom. The number of hydrogen-bond acceptors (Lipinski definition) is 5. The number of nitrogens with zero attached hydrogens (tertiary/aromatic N) is 1. The van der Waals surface area contributed by atoms with E-state index in [1.165, 1.54) is 16.7 Å². The van der Waals surface area contributed by atoms with E-state index >= 15 is 0 Å². The van der Waals surface area contributed by atoms with E-state index in [4.69, 9.17) is 0 Å². The number of carbonyl (C=O) groups is 3. The molecule has 0 aromatic heterocycles. The molecule has 35 heavy (non-hydrogen) atoms. The number of aryl methyl sites for hydroxylation is 1. The van der Waals surface area contributed by atoms with Crippen LogP contribution in [0.4, 0.5) is 0 Å². The third-order valence-corrected chi connectivity index (χ3v) is 8.08. The molecular weight excluding hydrogens is 530 g/mol. The molecule has 0 radical (unpaired) electrons. The number of benzene rings is 2. The topological polar surface area (TPSA) is 98.7 Å². The Morgan fingerprint density at radius 2 is 1.80 bits per heavy atom. The van der Waals surface area contributed by atoms with E-state index in [0.29, 0.717) is 6.54 Å². The van der Waals surface area contributed by atoms with Gasteiger partial charge in [-0.2, -0.15) is 0 Å². The summed E-state index contributed by atoms with van der Waals surface area (Å²) < 4.78 is -0.542. The van der Waals surface area contributed by atoms with Gasteiger partial charge in [-0.05, 0) is 43.9 Å². The first kappa shape index (κ1) is 27.2. The van der Waals surface area contributed by atoms with Crippen LogP contribution >= 0.6 is 27.7 Å². The number of nitrogens with one attached hydrogen (secondary N) is 2. The predicted molar refractivity (Wildman–Crippen MR) is 142 cm³/mol. The van der Waals surface area contributed by atoms with Crippen molar-refractivity contribution in [3.63, 3.8) is 0 Å². The number of halogens is 1. The van der Waals surface area contributed by atoms with Gasteiger partial charge in [0.25, 0.3) is 5.91 Å². The van der Waals surface area contributed by atoms with Gasteiger partial charge in [0.1, 0.15) is 6.04 Å². The van der Waals surface area contributed by atoms with Crippen molar-refractivity contribution in [3.05, 3.63) is 71.3 Å². The molecule has 2 aromatic carbocycles. The molecule has 1 aliphatic heterocycles. The van der Waals surface area contributed by atoms with Crippen LogP contribution in [-0.4, -0.2) is 61.9 Å². The zero-order valence-electron chi connectivity index (χ0n) is 20.2. The Labute approximate surface area is 219 Å². The molecule has 3 rings (SSSR count). The number of amides is 3. The number of rotatable bonds is 9. The molecule has 9 heteroatoms. The van der Waals surface area contributed by atoms with Gasteiger partial charge in [0.15, 0.2) is 6.10 Å². The average Bonchev–Trinajstić information content (AvgIpc) is 3.17. The molecule has 1 saturated heterocycles. The van der Waals surface area contributed by atoms with Crippen molar-refractivity contribution < 1.29 is 19.5 Å². The minimum Gasteiger partial charge on any atom is -0.381 e. The molecule has 0 saturated carbocycles. The van der Waals surface area contributed by atoms with Crippen molar-refractivity contribution in [1.82, 2.24) is 15.5 Å². The fourth-order valence-corrected chi connectivity index (χ4v) is 5.50. The summed E-state index contributed by atoms with van der Waals surface area (Å²) >= 11 is 4.61. The van der Waals surface area contributed by atoms with Crippen LogP contribution in [0, 0.1) is 6.92 Å². The van der Waals surface area contributed by atoms with Gasteiger partial charge < -0.3 is 20.6 Å². The highest BCUT2D eigenvalue weighted by Crippen LogP contribution is 2.40. The van der Waals surface area contributed by atoms with Gasteiger partial charge in [-0.1, -0.05) is 70.5 Å². The molecule has 3 N–H and O–H groups in total. The maximum absolute atomic E-state index is 13.5. The minimum absolute atomic E-state index is 0.0513. The molecule has 0 bridgehead atoms. The monoisotopic (exact) mass is 561 g/mol. The lowest BCUT2D eigenvalue weighted by atomic mass is 9.97. The lowest BCUT2D eigenvalue weighted by Gasteiger charge is -2.33. The van der Waals surface area contributed by atoms with Gasteiger partial charge >= 0.3 is 0 Å². The number of hydrogen-bond donors (Lipinski definition) is 3. The molecule has 3 unspecified atom stereocenters. The largest absolute Gasteiger partial charge is 0.381 e. The van der Waals surface area contributed by atoms with E-state index in [-0.39, 0.29) is 29.4 Å². The lowest BCUT2D eigenvalue weighted by Crippen LogP contribution is -2.58. The summed E-state index contributed by atoms with van der Waals surface area (Å²) in [5, 5.41) is 16.9. The van der Waals surface area contributed by atoms with Crippen molar-refractivity contribution in [2.45, 2.75) is 56.7 Å². The van der Waals surface area contributed by atoms with Crippen LogP contribution in [0.15, 0.2) is 54.6 Å². The second-order valence-corrected chi connectivity index (χ2v) is 11.3. The normalized spacial score (nSPS) is 18.5. The Kier molecular flexibility index (Phi) is 9.38. The van der Waals surface area contributed by atoms with E-state index in [1.807, 2.05) is 75.4 Å². The van der Waals surface area contributed by atoms with Crippen LogP contribution in [0.2, 0.25) is 0 Å². The summed E-state index contributed by atoms with van der Waals surface area (Å²) in [6, 6.07) is 15.6. The van der Waals surface area contributed by atoms with Gasteiger partial charge in [-0.3, -0.25) is 14.4 Å². The van der Waals surface area contributed by atoms with E-state index in [1.54, 1.807) is 0 Å². The Morgan fingerprint density at radius 1 is 1.14 bits per heavy atom. The molecule has 3 amide bonds. The first-order valence-electron chi connectivity index (χ1n) is 11.5. The molecule has 2 aromatic rings.